The molecular formula is C36H48O13. The van der Waals surface area contributed by atoms with Crippen LogP contribution < -0.4 is 5.63 Å². The van der Waals surface area contributed by atoms with Crippen molar-refractivity contribution in [1.29, 1.82) is 0 Å². The minimum absolute atomic E-state index is 0.0492. The Morgan fingerprint density at radius 3 is 2.18 bits per heavy atom. The molecule has 4 saturated carbocycles. The molecule has 0 spiro atoms. The highest BCUT2D eigenvalue weighted by Crippen LogP contribution is 2.71. The average Bonchev–Trinajstić information content (AvgIpc) is 3.29. The quantitative estimate of drug-likeness (QED) is 0.185. The van der Waals surface area contributed by atoms with Gasteiger partial charge < -0.3 is 43.1 Å². The second kappa shape index (κ2) is 12.9. The molecule has 5 aliphatic rings. The summed E-state index contributed by atoms with van der Waals surface area (Å²) in [7, 11) is 0. The fraction of sp³-hybridized carbons (Fsp3) is 0.750. The van der Waals surface area contributed by atoms with Crippen LogP contribution in [0.5, 0.6) is 0 Å². The van der Waals surface area contributed by atoms with Crippen molar-refractivity contribution in [1.82, 2.24) is 0 Å². The Balaban J connectivity index is 1.31. The summed E-state index contributed by atoms with van der Waals surface area (Å²) in [4.78, 5) is 61.6. The van der Waals surface area contributed by atoms with Crippen LogP contribution in [0.15, 0.2) is 27.6 Å². The SMILES string of the molecule is CC(=O)O[C@@H]1[C@H](O[C@@H]2C[C@@]3(O)CC[C@@H]4[C@H](CC[C@]5(C)[C@@H](c6ccc(=O)oc6)CC[C@]45O)[C@@]3(C=O)C[C@@H]2OC(C)=O)O[C@H](C)C[C@@H]1OC(C)=O. The van der Waals surface area contributed by atoms with E-state index in [-0.39, 0.29) is 37.5 Å². The molecule has 2 N–H and O–H groups in total. The largest absolute Gasteiger partial charge is 0.460 e. The summed E-state index contributed by atoms with van der Waals surface area (Å²) >= 11 is 0. The third kappa shape index (κ3) is 5.94. The molecule has 13 atom stereocenters. The minimum Gasteiger partial charge on any atom is -0.460 e. The lowest BCUT2D eigenvalue weighted by molar-refractivity contribution is -0.315. The normalized spacial score (nSPS) is 44.4. The number of carbonyl (C=O) groups excluding carboxylic acids is 4. The standard InChI is InChI=1S/C36H48O13/c1-19-14-27(46-20(2)38)31(48-22(4)40)32(45-19)49-29-16-35(42)12-9-26-25(34(35,18-37)15-28(29)47-21(3)39)8-11-33(5)24(10-13-36(26,33)43)23-6-7-30(41)44-17-23/h6-7,17-19,24-29,31-32,42-43H,8-16H2,1-5H3/t19-,24-,25+,26-,27+,28+,29-,31+,32+,33-,34+,35+,36+/m1/s1. The second-order valence-electron chi connectivity index (χ2n) is 15.3. The van der Waals surface area contributed by atoms with E-state index in [2.05, 4.69) is 6.92 Å². The van der Waals surface area contributed by atoms with Crippen LogP contribution in [-0.4, -0.2) is 82.4 Å². The zero-order valence-corrected chi connectivity index (χ0v) is 28.8. The second-order valence-corrected chi connectivity index (χ2v) is 15.3. The van der Waals surface area contributed by atoms with Crippen LogP contribution in [0.3, 0.4) is 0 Å². The Hall–Kier alpha value is -3.13. The first-order chi connectivity index (χ1) is 23.1. The van der Waals surface area contributed by atoms with Crippen molar-refractivity contribution in [2.45, 2.75) is 146 Å². The number of aldehydes is 1. The lowest BCUT2D eigenvalue weighted by atomic mass is 9.41. The topological polar surface area (TPSA) is 185 Å². The van der Waals surface area contributed by atoms with Crippen molar-refractivity contribution in [2.75, 3.05) is 0 Å². The van der Waals surface area contributed by atoms with Gasteiger partial charge >= 0.3 is 23.5 Å². The molecule has 0 bridgehead atoms. The van der Waals surface area contributed by atoms with Gasteiger partial charge in [-0.2, -0.15) is 0 Å². The smallest absolute Gasteiger partial charge is 0.335 e. The summed E-state index contributed by atoms with van der Waals surface area (Å²) in [6, 6.07) is 3.15. The van der Waals surface area contributed by atoms with Crippen LogP contribution in [0, 0.1) is 22.7 Å². The van der Waals surface area contributed by atoms with Crippen molar-refractivity contribution in [3.8, 4) is 0 Å². The van der Waals surface area contributed by atoms with Gasteiger partial charge in [0.25, 0.3) is 0 Å². The molecule has 13 heteroatoms. The molecule has 6 rings (SSSR count). The predicted molar refractivity (Wildman–Crippen MR) is 169 cm³/mol. The summed E-state index contributed by atoms with van der Waals surface area (Å²) in [5, 5.41) is 25.2. The van der Waals surface area contributed by atoms with E-state index in [1.807, 2.05) is 0 Å². The van der Waals surface area contributed by atoms with Gasteiger partial charge in [0.2, 0.25) is 0 Å². The van der Waals surface area contributed by atoms with E-state index in [1.54, 1.807) is 13.0 Å². The third-order valence-electron chi connectivity index (χ3n) is 12.7. The molecule has 1 aliphatic heterocycles. The zero-order chi connectivity index (χ0) is 35.5. The van der Waals surface area contributed by atoms with Gasteiger partial charge in [0.05, 0.1) is 29.0 Å². The molecule has 0 amide bonds. The molecule has 4 aliphatic carbocycles. The maximum absolute atomic E-state index is 13.5. The molecule has 1 aromatic heterocycles. The Labute approximate surface area is 284 Å². The lowest BCUT2D eigenvalue weighted by Gasteiger charge is -2.65. The third-order valence-corrected chi connectivity index (χ3v) is 12.7. The molecule has 270 valence electrons. The van der Waals surface area contributed by atoms with Gasteiger partial charge in [-0.15, -0.1) is 0 Å². The predicted octanol–water partition coefficient (Wildman–Crippen LogP) is 3.10. The number of fused-ring (bicyclic) bond motifs is 5. The maximum Gasteiger partial charge on any atom is 0.335 e. The highest BCUT2D eigenvalue weighted by molar-refractivity contribution is 5.68. The highest BCUT2D eigenvalue weighted by atomic mass is 16.7. The van der Waals surface area contributed by atoms with E-state index in [0.29, 0.717) is 32.1 Å². The molecule has 13 nitrogen and oxygen atoms in total. The first-order valence-corrected chi connectivity index (χ1v) is 17.4. The molecule has 1 aromatic rings. The fourth-order valence-corrected chi connectivity index (χ4v) is 10.6. The fourth-order valence-electron chi connectivity index (χ4n) is 10.6. The van der Waals surface area contributed by atoms with Crippen LogP contribution in [0.25, 0.3) is 0 Å². The number of hydrogen-bond donors (Lipinski definition) is 2. The first-order valence-electron chi connectivity index (χ1n) is 17.4. The van der Waals surface area contributed by atoms with E-state index in [1.165, 1.54) is 33.1 Å². The summed E-state index contributed by atoms with van der Waals surface area (Å²) in [6.07, 6.45) is -0.334. The van der Waals surface area contributed by atoms with Crippen LogP contribution in [0.1, 0.15) is 104 Å². The summed E-state index contributed by atoms with van der Waals surface area (Å²) in [5.74, 6) is -2.62. The van der Waals surface area contributed by atoms with E-state index in [0.717, 1.165) is 11.8 Å². The molecule has 0 aromatic carbocycles. The van der Waals surface area contributed by atoms with Gasteiger partial charge in [0.15, 0.2) is 12.4 Å². The minimum atomic E-state index is -1.57. The van der Waals surface area contributed by atoms with Crippen molar-refractivity contribution in [3.63, 3.8) is 0 Å². The molecule has 5 fully saturated rings. The Kier molecular flexibility index (Phi) is 9.38. The zero-order valence-electron chi connectivity index (χ0n) is 28.8. The van der Waals surface area contributed by atoms with Gasteiger partial charge in [-0.3, -0.25) is 14.4 Å². The average molecular weight is 689 g/mol. The van der Waals surface area contributed by atoms with Crippen LogP contribution in [0.4, 0.5) is 0 Å². The van der Waals surface area contributed by atoms with Crippen molar-refractivity contribution >= 4 is 24.2 Å². The van der Waals surface area contributed by atoms with Gasteiger partial charge in [-0.25, -0.2) is 4.79 Å². The Bertz CT molecular complexity index is 1500. The van der Waals surface area contributed by atoms with Crippen molar-refractivity contribution < 1.29 is 57.5 Å². The summed E-state index contributed by atoms with van der Waals surface area (Å²) in [5.41, 5.74) is -4.25. The highest BCUT2D eigenvalue weighted by Gasteiger charge is 2.72. The number of hydrogen-bond acceptors (Lipinski definition) is 13. The van der Waals surface area contributed by atoms with Crippen LogP contribution >= 0.6 is 0 Å². The Morgan fingerprint density at radius 1 is 0.878 bits per heavy atom. The summed E-state index contributed by atoms with van der Waals surface area (Å²) in [6.45, 7) is 7.55. The van der Waals surface area contributed by atoms with Gasteiger partial charge in [-0.05, 0) is 74.8 Å². The van der Waals surface area contributed by atoms with Gasteiger partial charge in [-0.1, -0.05) is 6.92 Å². The van der Waals surface area contributed by atoms with Crippen LogP contribution in [-0.2, 0) is 42.9 Å². The lowest BCUT2D eigenvalue weighted by Crippen LogP contribution is -2.71. The molecule has 49 heavy (non-hydrogen) atoms. The molecular weight excluding hydrogens is 640 g/mol. The molecule has 0 unspecified atom stereocenters. The van der Waals surface area contributed by atoms with Crippen molar-refractivity contribution in [3.05, 3.63) is 34.4 Å². The molecule has 1 saturated heterocycles. The van der Waals surface area contributed by atoms with E-state index in [4.69, 9.17) is 28.1 Å². The van der Waals surface area contributed by atoms with Crippen LogP contribution in [0.2, 0.25) is 0 Å². The number of aliphatic hydroxyl groups is 2. The maximum atomic E-state index is 13.5. The Morgan fingerprint density at radius 2 is 1.55 bits per heavy atom. The van der Waals surface area contributed by atoms with Crippen molar-refractivity contribution in [2.24, 2.45) is 22.7 Å². The van der Waals surface area contributed by atoms with Gasteiger partial charge in [0.1, 0.15) is 24.6 Å². The van der Waals surface area contributed by atoms with E-state index < -0.39 is 88.3 Å². The summed E-state index contributed by atoms with van der Waals surface area (Å²) < 4.78 is 34.5. The number of ether oxygens (including phenoxy) is 5. The van der Waals surface area contributed by atoms with E-state index in [9.17, 15) is 34.2 Å². The number of rotatable bonds is 7. The first kappa shape index (κ1) is 35.7. The van der Waals surface area contributed by atoms with E-state index >= 15 is 0 Å². The number of esters is 3. The molecule has 2 heterocycles. The monoisotopic (exact) mass is 688 g/mol. The number of carbonyl (C=O) groups is 4. The molecule has 0 radical (unpaired) electrons. The van der Waals surface area contributed by atoms with Gasteiger partial charge in [0, 0.05) is 51.5 Å².